The van der Waals surface area contributed by atoms with E-state index in [0.717, 1.165) is 12.8 Å². The van der Waals surface area contributed by atoms with Gasteiger partial charge in [-0.1, -0.05) is 25.0 Å². The zero-order valence-corrected chi connectivity index (χ0v) is 32.7. The van der Waals surface area contributed by atoms with Crippen LogP contribution in [0.25, 0.3) is 22.4 Å². The fourth-order valence-electron chi connectivity index (χ4n) is 7.34. The van der Waals surface area contributed by atoms with Crippen molar-refractivity contribution in [3.05, 3.63) is 48.9 Å². The summed E-state index contributed by atoms with van der Waals surface area (Å²) in [5, 5.41) is 6.32. The van der Waals surface area contributed by atoms with E-state index in [0.29, 0.717) is 54.3 Å². The van der Waals surface area contributed by atoms with E-state index >= 15 is 0 Å². The minimum atomic E-state index is -3.91. The highest BCUT2D eigenvalue weighted by Crippen LogP contribution is 2.46. The molecule has 2 aliphatic heterocycles. The molecule has 0 bridgehead atoms. The van der Waals surface area contributed by atoms with Gasteiger partial charge in [-0.05, 0) is 88.9 Å². The molecule has 0 spiro atoms. The summed E-state index contributed by atoms with van der Waals surface area (Å²) in [6.45, 7) is 5.10. The molecule has 16 nitrogen and oxygen atoms in total. The summed E-state index contributed by atoms with van der Waals surface area (Å²) >= 11 is 0. The van der Waals surface area contributed by atoms with E-state index < -0.39 is 74.3 Å². The fraction of sp³-hybridized carbons (Fsp3) is 0.538. The molecular weight excluding hydrogens is 745 g/mol. The Morgan fingerprint density at radius 2 is 1.89 bits per heavy atom. The fourth-order valence-corrected chi connectivity index (χ4v) is 8.70. The number of nitrogens with zero attached hydrogens (tertiary/aromatic N) is 3. The van der Waals surface area contributed by atoms with Crippen molar-refractivity contribution in [1.82, 2.24) is 30.2 Å². The van der Waals surface area contributed by atoms with Crippen LogP contribution in [0, 0.1) is 5.92 Å². The number of aromatic nitrogens is 2. The zero-order chi connectivity index (χ0) is 39.8. The van der Waals surface area contributed by atoms with Crippen molar-refractivity contribution < 1.29 is 46.2 Å². The first-order valence-corrected chi connectivity index (χ1v) is 20.6. The van der Waals surface area contributed by atoms with Crippen LogP contribution in [0.3, 0.4) is 0 Å². The van der Waals surface area contributed by atoms with Crippen molar-refractivity contribution in [2.45, 2.75) is 113 Å². The van der Waals surface area contributed by atoms with Crippen molar-refractivity contribution in [3.63, 3.8) is 0 Å². The normalized spacial score (nSPS) is 25.9. The summed E-state index contributed by atoms with van der Waals surface area (Å²) in [6, 6.07) is 4.96. The number of amides is 4. The molecule has 4 aliphatic rings. The van der Waals surface area contributed by atoms with Crippen LogP contribution in [0.1, 0.15) is 78.6 Å². The van der Waals surface area contributed by atoms with Gasteiger partial charge in [0.05, 0.1) is 25.1 Å². The maximum atomic E-state index is 14.6. The third-order valence-corrected chi connectivity index (χ3v) is 12.3. The van der Waals surface area contributed by atoms with Crippen molar-refractivity contribution in [1.29, 1.82) is 0 Å². The van der Waals surface area contributed by atoms with Gasteiger partial charge in [0.1, 0.15) is 47.0 Å². The Kier molecular flexibility index (Phi) is 10.7. The Morgan fingerprint density at radius 3 is 2.61 bits per heavy atom. The van der Waals surface area contributed by atoms with Crippen LogP contribution in [0.2, 0.25) is 0 Å². The highest BCUT2D eigenvalue weighted by molar-refractivity contribution is 7.91. The molecular formula is C39H48N6O10S. The number of carbonyl (C=O) groups excluding carboxylic acids is 4. The maximum absolute atomic E-state index is 14.6. The van der Waals surface area contributed by atoms with Gasteiger partial charge in [-0.2, -0.15) is 0 Å². The number of benzene rings is 1. The van der Waals surface area contributed by atoms with Crippen molar-refractivity contribution in [2.24, 2.45) is 5.92 Å². The molecule has 2 unspecified atom stereocenters. The lowest BCUT2D eigenvalue weighted by molar-refractivity contribution is -0.141. The molecule has 300 valence electrons. The Labute approximate surface area is 325 Å². The minimum Gasteiger partial charge on any atom is -0.497 e. The van der Waals surface area contributed by atoms with Crippen LogP contribution in [-0.4, -0.2) is 95.3 Å². The van der Waals surface area contributed by atoms with Crippen LogP contribution >= 0.6 is 0 Å². The predicted octanol–water partition coefficient (Wildman–Crippen LogP) is 4.14. The lowest BCUT2D eigenvalue weighted by Gasteiger charge is -2.30. The number of hydrogen-bond acceptors (Lipinski definition) is 12. The van der Waals surface area contributed by atoms with Gasteiger partial charge in [-0.25, -0.2) is 23.2 Å². The van der Waals surface area contributed by atoms with E-state index in [9.17, 15) is 27.6 Å². The molecule has 3 aromatic rings. The third kappa shape index (κ3) is 8.61. The number of hydrogen-bond donors (Lipinski definition) is 3. The number of ether oxygens (including phenoxy) is 3. The summed E-state index contributed by atoms with van der Waals surface area (Å²) in [5.74, 6) is -1.37. The van der Waals surface area contributed by atoms with E-state index in [-0.39, 0.29) is 31.2 Å². The molecule has 17 heteroatoms. The molecule has 4 amide bonds. The van der Waals surface area contributed by atoms with Crippen molar-refractivity contribution >= 4 is 44.6 Å². The molecule has 56 heavy (non-hydrogen) atoms. The molecule has 0 radical (unpaired) electrons. The third-order valence-electron chi connectivity index (χ3n) is 10.5. The molecule has 2 aromatic heterocycles. The van der Waals surface area contributed by atoms with Crippen LogP contribution in [-0.2, 0) is 29.1 Å². The summed E-state index contributed by atoms with van der Waals surface area (Å²) in [4.78, 5) is 66.2. The quantitative estimate of drug-likeness (QED) is 0.275. The number of alkyl carbamates (subject to hydrolysis) is 1. The van der Waals surface area contributed by atoms with Gasteiger partial charge >= 0.3 is 6.09 Å². The molecule has 4 heterocycles. The molecule has 7 rings (SSSR count). The Hall–Kier alpha value is -5.19. The lowest BCUT2D eigenvalue weighted by Crippen LogP contribution is -2.58. The van der Waals surface area contributed by atoms with Gasteiger partial charge < -0.3 is 34.2 Å². The summed E-state index contributed by atoms with van der Waals surface area (Å²) in [6.07, 6.45) is 9.38. The lowest BCUT2D eigenvalue weighted by atomic mass is 10.0. The molecule has 3 N–H and O–H groups in total. The standard InChI is InChI=1S/C39H48N6O10S/c1-38(2,3)55-37(49)42-29-11-9-7-5-6-8-10-24-21-39(24,36(48)44-56(50,51)27-13-14-27)43-32(46)31-20-26(22-45(31)35(29)47)54-33-28-15-12-25(52-4)18-23(28)19-30(41-33)34-40-16-17-53-34/h8,10,12,15-19,24,26-27,29,31H,5-7,9,11,13-14,20-22H2,1-4H3,(H,42,49)(H,43,46)(H,44,48)/t24?,26?,29-,31-,39+/m0/s1. The molecule has 2 aliphatic carbocycles. The molecule has 2 saturated carbocycles. The summed E-state index contributed by atoms with van der Waals surface area (Å²) < 4.78 is 51.0. The largest absolute Gasteiger partial charge is 0.497 e. The number of methoxy groups -OCH3 is 1. The number of fused-ring (bicyclic) bond motifs is 3. The van der Waals surface area contributed by atoms with Gasteiger partial charge in [0, 0.05) is 17.7 Å². The zero-order valence-electron chi connectivity index (χ0n) is 31.9. The van der Waals surface area contributed by atoms with E-state index in [4.69, 9.17) is 23.6 Å². The Balaban J connectivity index is 1.22. The van der Waals surface area contributed by atoms with Crippen LogP contribution < -0.4 is 24.8 Å². The van der Waals surface area contributed by atoms with Crippen molar-refractivity contribution in [3.8, 4) is 23.2 Å². The summed E-state index contributed by atoms with van der Waals surface area (Å²) in [5.41, 5.74) is -1.97. The first-order valence-electron chi connectivity index (χ1n) is 19.1. The van der Waals surface area contributed by atoms with Crippen LogP contribution in [0.4, 0.5) is 4.79 Å². The average molecular weight is 793 g/mol. The monoisotopic (exact) mass is 792 g/mol. The number of rotatable bonds is 8. The molecule has 3 fully saturated rings. The molecule has 5 atom stereocenters. The van der Waals surface area contributed by atoms with Crippen LogP contribution in [0.15, 0.2) is 53.3 Å². The number of oxazole rings is 1. The van der Waals surface area contributed by atoms with E-state index in [2.05, 4.69) is 20.3 Å². The number of pyridine rings is 1. The Bertz CT molecular complexity index is 2130. The van der Waals surface area contributed by atoms with Crippen LogP contribution in [0.5, 0.6) is 11.6 Å². The number of allylic oxidation sites excluding steroid dienone is 1. The first-order chi connectivity index (χ1) is 26.7. The van der Waals surface area contributed by atoms with E-state index in [1.165, 1.54) is 17.4 Å². The van der Waals surface area contributed by atoms with Crippen molar-refractivity contribution in [2.75, 3.05) is 13.7 Å². The van der Waals surface area contributed by atoms with Gasteiger partial charge in [-0.15, -0.1) is 0 Å². The van der Waals surface area contributed by atoms with E-state index in [1.807, 2.05) is 18.2 Å². The topological polar surface area (TPSA) is 208 Å². The number of nitrogens with one attached hydrogen (secondary N) is 3. The van der Waals surface area contributed by atoms with Gasteiger partial charge in [0.15, 0.2) is 0 Å². The first kappa shape index (κ1) is 39.1. The second-order valence-corrected chi connectivity index (χ2v) is 17.9. The highest BCUT2D eigenvalue weighted by atomic mass is 32.2. The number of sulfonamides is 1. The smallest absolute Gasteiger partial charge is 0.408 e. The number of carbonyl (C=O) groups is 4. The van der Waals surface area contributed by atoms with E-state index in [1.54, 1.807) is 46.1 Å². The SMILES string of the molecule is COc1ccc2c(OC3C[C@H]4C(=O)N[C@]5(C(=O)NS(=O)(=O)C6CC6)CC5C=CCCCCC[C@H](NC(=O)OC(C)(C)C)C(=O)N4C3)nc(-c3ncco3)cc2c1. The predicted molar refractivity (Wildman–Crippen MR) is 203 cm³/mol. The average Bonchev–Trinajstić information content (AvgIpc) is 4.00. The molecule has 1 aromatic carbocycles. The Morgan fingerprint density at radius 1 is 1.09 bits per heavy atom. The minimum absolute atomic E-state index is 0.00212. The second-order valence-electron chi connectivity index (χ2n) is 15.9. The highest BCUT2D eigenvalue weighted by Gasteiger charge is 2.62. The maximum Gasteiger partial charge on any atom is 0.408 e. The second kappa shape index (κ2) is 15.4. The van der Waals surface area contributed by atoms with Gasteiger partial charge in [0.25, 0.3) is 5.91 Å². The summed E-state index contributed by atoms with van der Waals surface area (Å²) in [7, 11) is -2.36. The molecule has 1 saturated heterocycles. The van der Waals surface area contributed by atoms with Gasteiger partial charge in [0.2, 0.25) is 33.6 Å². The van der Waals surface area contributed by atoms with Gasteiger partial charge in [-0.3, -0.25) is 19.1 Å².